The Labute approximate surface area is 96.5 Å². The number of aliphatic carboxylic acids is 1. The van der Waals surface area contributed by atoms with E-state index in [0.717, 1.165) is 0 Å². The number of hydrogen-bond acceptors (Lipinski definition) is 3. The summed E-state index contributed by atoms with van der Waals surface area (Å²) in [6.45, 7) is 0. The Kier molecular flexibility index (Phi) is 2.70. The first-order valence-electron chi connectivity index (χ1n) is 4.72. The van der Waals surface area contributed by atoms with Gasteiger partial charge in [0, 0.05) is 6.42 Å². The Morgan fingerprint density at radius 1 is 1.56 bits per heavy atom. The van der Waals surface area contributed by atoms with Crippen LogP contribution in [0.15, 0.2) is 18.2 Å². The van der Waals surface area contributed by atoms with Crippen molar-refractivity contribution in [2.45, 2.75) is 12.8 Å². The number of rotatable bonds is 3. The number of fused-ring (bicyclic) bond motifs is 1. The second kappa shape index (κ2) is 4.02. The number of anilines is 1. The Morgan fingerprint density at radius 3 is 3.00 bits per heavy atom. The molecule has 2 aromatic heterocycles. The molecule has 0 atom stereocenters. The van der Waals surface area contributed by atoms with Crippen LogP contribution in [0, 0.1) is 0 Å². The first-order valence-corrected chi connectivity index (χ1v) is 5.10. The van der Waals surface area contributed by atoms with Crippen molar-refractivity contribution >= 4 is 28.9 Å². The van der Waals surface area contributed by atoms with Crippen LogP contribution in [0.2, 0.25) is 5.15 Å². The van der Waals surface area contributed by atoms with Gasteiger partial charge in [0.15, 0.2) is 5.15 Å². The summed E-state index contributed by atoms with van der Waals surface area (Å²) in [7, 11) is 0. The zero-order valence-electron chi connectivity index (χ0n) is 8.35. The number of aromatic nitrogens is 2. The maximum atomic E-state index is 10.5. The summed E-state index contributed by atoms with van der Waals surface area (Å²) >= 11 is 5.93. The van der Waals surface area contributed by atoms with E-state index in [1.54, 1.807) is 22.6 Å². The van der Waals surface area contributed by atoms with Gasteiger partial charge in [-0.25, -0.2) is 4.98 Å². The van der Waals surface area contributed by atoms with Crippen LogP contribution in [0.5, 0.6) is 0 Å². The van der Waals surface area contributed by atoms with Crippen LogP contribution in [0.4, 0.5) is 5.82 Å². The molecule has 2 aromatic rings. The van der Waals surface area contributed by atoms with Crippen LogP contribution < -0.4 is 5.73 Å². The molecule has 0 saturated heterocycles. The van der Waals surface area contributed by atoms with E-state index in [-0.39, 0.29) is 6.42 Å². The summed E-state index contributed by atoms with van der Waals surface area (Å²) in [5.74, 6) is 0.195. The number of carbonyl (C=O) groups is 1. The molecule has 0 saturated carbocycles. The third-order valence-electron chi connectivity index (χ3n) is 2.28. The summed E-state index contributed by atoms with van der Waals surface area (Å²) in [5.41, 5.74) is 6.49. The summed E-state index contributed by atoms with van der Waals surface area (Å²) in [6, 6.07) is 5.28. The molecule has 0 aliphatic heterocycles. The maximum Gasteiger partial charge on any atom is 0.303 e. The number of nitrogens with two attached hydrogens (primary N) is 1. The van der Waals surface area contributed by atoms with Gasteiger partial charge in [-0.15, -0.1) is 0 Å². The molecule has 6 heteroatoms. The van der Waals surface area contributed by atoms with Crippen molar-refractivity contribution in [2.75, 3.05) is 5.73 Å². The number of carboxylic acid groups (broad SMARTS) is 1. The summed E-state index contributed by atoms with van der Waals surface area (Å²) in [6.07, 6.45) is 0.307. The van der Waals surface area contributed by atoms with E-state index >= 15 is 0 Å². The van der Waals surface area contributed by atoms with Gasteiger partial charge >= 0.3 is 5.97 Å². The highest BCUT2D eigenvalue weighted by Gasteiger charge is 2.12. The molecule has 5 nitrogen and oxygen atoms in total. The average Bonchev–Trinajstić information content (AvgIpc) is 2.55. The van der Waals surface area contributed by atoms with Crippen molar-refractivity contribution in [3.05, 3.63) is 29.2 Å². The van der Waals surface area contributed by atoms with Crippen LogP contribution in [0.25, 0.3) is 5.52 Å². The minimum atomic E-state index is -0.873. The Hall–Kier alpha value is -1.75. The molecule has 0 fully saturated rings. The highest BCUT2D eigenvalue weighted by molar-refractivity contribution is 6.32. The Balaban J connectivity index is 2.49. The van der Waals surface area contributed by atoms with E-state index in [1.807, 2.05) is 0 Å². The molecule has 0 aromatic carbocycles. The third kappa shape index (κ3) is 1.81. The molecule has 2 heterocycles. The Morgan fingerprint density at radius 2 is 2.31 bits per heavy atom. The molecule has 0 aliphatic rings. The van der Waals surface area contributed by atoms with Gasteiger partial charge in [-0.05, 0) is 12.1 Å². The number of aryl methyl sites for hydroxylation is 1. The van der Waals surface area contributed by atoms with Gasteiger partial charge in [0.05, 0.1) is 11.9 Å². The lowest BCUT2D eigenvalue weighted by Crippen LogP contribution is -2.04. The zero-order valence-corrected chi connectivity index (χ0v) is 9.11. The van der Waals surface area contributed by atoms with E-state index in [2.05, 4.69) is 4.98 Å². The molecular formula is C10H10ClN3O2. The van der Waals surface area contributed by atoms with Crippen molar-refractivity contribution in [1.29, 1.82) is 0 Å². The van der Waals surface area contributed by atoms with Crippen LogP contribution in [0.3, 0.4) is 0 Å². The van der Waals surface area contributed by atoms with Gasteiger partial charge < -0.3 is 10.8 Å². The minimum absolute atomic E-state index is 0.00375. The number of hydrogen-bond donors (Lipinski definition) is 2. The standard InChI is InChI=1S/C10H10ClN3O2/c11-10-6-2-1-3-7(12)14(6)8(13-10)4-5-9(15)16/h1-3H,4-5,12H2,(H,15,16). The maximum absolute atomic E-state index is 10.5. The lowest BCUT2D eigenvalue weighted by molar-refractivity contribution is -0.137. The number of imidazole rings is 1. The van der Waals surface area contributed by atoms with E-state index in [0.29, 0.717) is 28.7 Å². The van der Waals surface area contributed by atoms with Crippen LogP contribution in [0.1, 0.15) is 12.2 Å². The molecule has 0 spiro atoms. The molecule has 0 aliphatic carbocycles. The highest BCUT2D eigenvalue weighted by Crippen LogP contribution is 2.21. The number of nitrogen functional groups attached to an aromatic ring is 1. The van der Waals surface area contributed by atoms with E-state index in [1.165, 1.54) is 0 Å². The summed E-state index contributed by atoms with van der Waals surface area (Å²) in [5, 5.41) is 8.96. The van der Waals surface area contributed by atoms with Gasteiger partial charge in [0.1, 0.15) is 11.6 Å². The number of pyridine rings is 1. The fraction of sp³-hybridized carbons (Fsp3) is 0.200. The highest BCUT2D eigenvalue weighted by atomic mass is 35.5. The molecule has 0 amide bonds. The Bertz CT molecular complexity index is 550. The predicted octanol–water partition coefficient (Wildman–Crippen LogP) is 1.59. The van der Waals surface area contributed by atoms with Gasteiger partial charge in [0.25, 0.3) is 0 Å². The van der Waals surface area contributed by atoms with Crippen LogP contribution in [-0.2, 0) is 11.2 Å². The first-order chi connectivity index (χ1) is 7.59. The second-order valence-electron chi connectivity index (χ2n) is 3.38. The average molecular weight is 240 g/mol. The first kappa shape index (κ1) is 10.8. The molecule has 16 heavy (non-hydrogen) atoms. The minimum Gasteiger partial charge on any atom is -0.481 e. The molecule has 84 valence electrons. The molecule has 0 radical (unpaired) electrons. The van der Waals surface area contributed by atoms with Crippen LogP contribution >= 0.6 is 11.6 Å². The molecule has 0 unspecified atom stereocenters. The molecule has 0 bridgehead atoms. The number of halogens is 1. The van der Waals surface area contributed by atoms with Gasteiger partial charge in [-0.3, -0.25) is 9.20 Å². The number of nitrogens with zero attached hydrogens (tertiary/aromatic N) is 2. The fourth-order valence-corrected chi connectivity index (χ4v) is 1.83. The lowest BCUT2D eigenvalue weighted by atomic mass is 10.3. The SMILES string of the molecule is Nc1cccc2c(Cl)nc(CCC(=O)O)n12. The molecule has 3 N–H and O–H groups in total. The quantitative estimate of drug-likeness (QED) is 0.852. The van der Waals surface area contributed by atoms with Gasteiger partial charge in [0.2, 0.25) is 0 Å². The second-order valence-corrected chi connectivity index (χ2v) is 3.74. The molecular weight excluding hydrogens is 230 g/mol. The molecule has 2 rings (SSSR count). The summed E-state index contributed by atoms with van der Waals surface area (Å²) in [4.78, 5) is 14.6. The van der Waals surface area contributed by atoms with Crippen molar-refractivity contribution in [1.82, 2.24) is 9.38 Å². The van der Waals surface area contributed by atoms with E-state index in [9.17, 15) is 4.79 Å². The zero-order chi connectivity index (χ0) is 11.7. The number of carboxylic acids is 1. The summed E-state index contributed by atoms with van der Waals surface area (Å²) < 4.78 is 1.67. The largest absolute Gasteiger partial charge is 0.481 e. The predicted molar refractivity (Wildman–Crippen MR) is 60.6 cm³/mol. The lowest BCUT2D eigenvalue weighted by Gasteiger charge is -2.02. The van der Waals surface area contributed by atoms with Crippen molar-refractivity contribution in [2.24, 2.45) is 0 Å². The van der Waals surface area contributed by atoms with Crippen molar-refractivity contribution in [3.8, 4) is 0 Å². The monoisotopic (exact) mass is 239 g/mol. The van der Waals surface area contributed by atoms with Gasteiger partial charge in [-0.2, -0.15) is 0 Å². The normalized spacial score (nSPS) is 10.8. The third-order valence-corrected chi connectivity index (χ3v) is 2.56. The van der Waals surface area contributed by atoms with E-state index in [4.69, 9.17) is 22.4 Å². The smallest absolute Gasteiger partial charge is 0.303 e. The topological polar surface area (TPSA) is 80.6 Å². The van der Waals surface area contributed by atoms with Crippen molar-refractivity contribution in [3.63, 3.8) is 0 Å². The van der Waals surface area contributed by atoms with E-state index < -0.39 is 5.97 Å². The van der Waals surface area contributed by atoms with Crippen LogP contribution in [-0.4, -0.2) is 20.5 Å². The fourth-order valence-electron chi connectivity index (χ4n) is 1.58. The van der Waals surface area contributed by atoms with Gasteiger partial charge in [-0.1, -0.05) is 17.7 Å². The van der Waals surface area contributed by atoms with Crippen molar-refractivity contribution < 1.29 is 9.90 Å².